The van der Waals surface area contributed by atoms with E-state index in [2.05, 4.69) is 35.7 Å². The highest BCUT2D eigenvalue weighted by molar-refractivity contribution is 6.76. The third-order valence-corrected chi connectivity index (χ3v) is 7.61. The number of hydrogen-bond acceptors (Lipinski definition) is 3. The van der Waals surface area contributed by atoms with Gasteiger partial charge in [-0.25, -0.2) is 4.98 Å². The zero-order chi connectivity index (χ0) is 22.9. The molecule has 8 heteroatoms. The number of fused-ring (bicyclic) bond motifs is 1. The van der Waals surface area contributed by atoms with Gasteiger partial charge in [-0.2, -0.15) is 5.26 Å². The number of pyridine rings is 1. The minimum atomic E-state index is -1.23. The lowest BCUT2D eigenvalue weighted by atomic mass is 10.1. The fraction of sp³-hybridized carbons (Fsp3) is 0.250. The van der Waals surface area contributed by atoms with Crippen LogP contribution in [0.2, 0.25) is 35.7 Å². The summed E-state index contributed by atoms with van der Waals surface area (Å²) in [5, 5.41) is 12.0. The van der Waals surface area contributed by atoms with Crippen LogP contribution >= 0.6 is 23.2 Å². The van der Waals surface area contributed by atoms with Gasteiger partial charge in [-0.15, -0.1) is 0 Å². The summed E-state index contributed by atoms with van der Waals surface area (Å²) < 4.78 is 8.16. The monoisotopic (exact) mass is 482 g/mol. The van der Waals surface area contributed by atoms with Crippen LogP contribution < -0.4 is 0 Å². The second kappa shape index (κ2) is 9.12. The predicted octanol–water partition coefficient (Wildman–Crippen LogP) is 7.19. The fourth-order valence-corrected chi connectivity index (χ4v) is 4.94. The molecule has 0 aliphatic heterocycles. The zero-order valence-corrected chi connectivity index (χ0v) is 20.8. The van der Waals surface area contributed by atoms with Crippen molar-refractivity contribution < 1.29 is 4.74 Å². The molecule has 1 N–H and O–H groups in total. The standard InChI is InChI=1S/C24H24Cl2N4OSi/c1-32(2,3)11-10-31-15-30-22(18-6-8-28-24-19(18)7-9-29-24)12-16(14-27)23(30)20-5-4-17(25)13-21(20)26/h4-9,12-13H,10-11,15H2,1-3H3,(H,28,29). The summed E-state index contributed by atoms with van der Waals surface area (Å²) in [6.07, 6.45) is 3.62. The van der Waals surface area contributed by atoms with E-state index >= 15 is 0 Å². The summed E-state index contributed by atoms with van der Waals surface area (Å²) in [5.41, 5.74) is 4.63. The Kier molecular flexibility index (Phi) is 6.45. The van der Waals surface area contributed by atoms with Crippen LogP contribution in [0.3, 0.4) is 0 Å². The first-order valence-corrected chi connectivity index (χ1v) is 14.8. The lowest BCUT2D eigenvalue weighted by Crippen LogP contribution is -2.22. The van der Waals surface area contributed by atoms with E-state index in [4.69, 9.17) is 27.9 Å². The molecule has 0 amide bonds. The lowest BCUT2D eigenvalue weighted by molar-refractivity contribution is 0.0896. The number of nitrogens with one attached hydrogen (secondary N) is 1. The minimum Gasteiger partial charge on any atom is -0.361 e. The summed E-state index contributed by atoms with van der Waals surface area (Å²) >= 11 is 12.7. The van der Waals surface area contributed by atoms with E-state index in [0.29, 0.717) is 28.9 Å². The Balaban J connectivity index is 1.87. The molecule has 0 bridgehead atoms. The van der Waals surface area contributed by atoms with Crippen LogP contribution in [0.5, 0.6) is 0 Å². The van der Waals surface area contributed by atoms with Gasteiger partial charge in [-0.05, 0) is 42.4 Å². The van der Waals surface area contributed by atoms with Crippen molar-refractivity contribution in [3.8, 4) is 28.6 Å². The number of hydrogen-bond donors (Lipinski definition) is 1. The Labute approximate surface area is 198 Å². The van der Waals surface area contributed by atoms with Crippen molar-refractivity contribution >= 4 is 42.3 Å². The molecule has 164 valence electrons. The molecule has 4 aromatic rings. The third-order valence-electron chi connectivity index (χ3n) is 5.36. The Morgan fingerprint density at radius 3 is 2.66 bits per heavy atom. The van der Waals surface area contributed by atoms with Gasteiger partial charge >= 0.3 is 0 Å². The Morgan fingerprint density at radius 1 is 1.12 bits per heavy atom. The highest BCUT2D eigenvalue weighted by Gasteiger charge is 2.22. The Bertz CT molecular complexity index is 1310. The summed E-state index contributed by atoms with van der Waals surface area (Å²) in [6, 6.07) is 14.6. The van der Waals surface area contributed by atoms with E-state index in [1.807, 2.05) is 35.0 Å². The molecule has 5 nitrogen and oxygen atoms in total. The van der Waals surface area contributed by atoms with Gasteiger partial charge in [-0.1, -0.05) is 42.8 Å². The summed E-state index contributed by atoms with van der Waals surface area (Å²) in [6.45, 7) is 7.94. The Morgan fingerprint density at radius 2 is 1.94 bits per heavy atom. The SMILES string of the molecule is C[Si](C)(C)CCOCn1c(-c2ccnc3[nH]ccc23)cc(C#N)c1-c1ccc(Cl)cc1Cl. The number of benzene rings is 1. The van der Waals surface area contributed by atoms with Crippen LogP contribution in [-0.4, -0.2) is 29.2 Å². The van der Waals surface area contributed by atoms with Crippen molar-refractivity contribution in [1.29, 1.82) is 5.26 Å². The quantitative estimate of drug-likeness (QED) is 0.223. The molecule has 1 aromatic carbocycles. The average molecular weight is 483 g/mol. The average Bonchev–Trinajstić information content (AvgIpc) is 3.35. The number of nitrogens with zero attached hydrogens (tertiary/aromatic N) is 3. The summed E-state index contributed by atoms with van der Waals surface area (Å²) in [5.74, 6) is 0. The maximum atomic E-state index is 9.98. The zero-order valence-electron chi connectivity index (χ0n) is 18.2. The molecule has 32 heavy (non-hydrogen) atoms. The molecule has 0 spiro atoms. The van der Waals surface area contributed by atoms with Crippen LogP contribution in [0.1, 0.15) is 5.56 Å². The molecule has 0 aliphatic rings. The van der Waals surface area contributed by atoms with Crippen molar-refractivity contribution in [2.45, 2.75) is 32.4 Å². The largest absolute Gasteiger partial charge is 0.361 e. The van der Waals surface area contributed by atoms with E-state index in [9.17, 15) is 5.26 Å². The Hall–Kier alpha value is -2.56. The molecule has 0 atom stereocenters. The third kappa shape index (κ3) is 4.62. The topological polar surface area (TPSA) is 66.6 Å². The minimum absolute atomic E-state index is 0.310. The molecule has 0 aliphatic carbocycles. The summed E-state index contributed by atoms with van der Waals surface area (Å²) in [4.78, 5) is 7.55. The maximum Gasteiger partial charge on any atom is 0.137 e. The smallest absolute Gasteiger partial charge is 0.137 e. The second-order valence-electron chi connectivity index (χ2n) is 8.90. The van der Waals surface area contributed by atoms with Crippen molar-refractivity contribution in [2.24, 2.45) is 0 Å². The molecule has 3 heterocycles. The van der Waals surface area contributed by atoms with Crippen LogP contribution in [-0.2, 0) is 11.5 Å². The van der Waals surface area contributed by atoms with Gasteiger partial charge in [0.2, 0.25) is 0 Å². The molecule has 0 unspecified atom stereocenters. The first-order valence-electron chi connectivity index (χ1n) is 10.4. The molecular weight excluding hydrogens is 459 g/mol. The molecular formula is C24H24Cl2N4OSi. The van der Waals surface area contributed by atoms with Gasteiger partial charge in [0.25, 0.3) is 0 Å². The van der Waals surface area contributed by atoms with Crippen molar-refractivity contribution in [3.63, 3.8) is 0 Å². The van der Waals surface area contributed by atoms with Gasteiger partial charge in [0, 0.05) is 48.6 Å². The number of nitriles is 1. The maximum absolute atomic E-state index is 9.98. The molecule has 0 radical (unpaired) electrons. The van der Waals surface area contributed by atoms with Crippen molar-refractivity contribution in [1.82, 2.24) is 14.5 Å². The molecule has 3 aromatic heterocycles. The lowest BCUT2D eigenvalue weighted by Gasteiger charge is -2.18. The molecule has 0 fully saturated rings. The van der Waals surface area contributed by atoms with Gasteiger partial charge in [0.15, 0.2) is 0 Å². The second-order valence-corrected chi connectivity index (χ2v) is 15.4. The number of ether oxygens (including phenoxy) is 1. The van der Waals surface area contributed by atoms with Gasteiger partial charge in [-0.3, -0.25) is 0 Å². The number of rotatable bonds is 7. The van der Waals surface area contributed by atoms with Crippen LogP contribution in [0.4, 0.5) is 0 Å². The van der Waals surface area contributed by atoms with Gasteiger partial charge in [0.05, 0.1) is 22.0 Å². The van der Waals surface area contributed by atoms with E-state index in [1.54, 1.807) is 18.3 Å². The predicted molar refractivity (Wildman–Crippen MR) is 134 cm³/mol. The fourth-order valence-electron chi connectivity index (χ4n) is 3.68. The van der Waals surface area contributed by atoms with Crippen LogP contribution in [0, 0.1) is 11.3 Å². The highest BCUT2D eigenvalue weighted by atomic mass is 35.5. The summed E-state index contributed by atoms with van der Waals surface area (Å²) in [7, 11) is -1.23. The van der Waals surface area contributed by atoms with E-state index < -0.39 is 8.07 Å². The molecule has 4 rings (SSSR count). The molecule has 0 saturated heterocycles. The van der Waals surface area contributed by atoms with Gasteiger partial charge < -0.3 is 14.3 Å². The van der Waals surface area contributed by atoms with Crippen LogP contribution in [0.25, 0.3) is 33.5 Å². The van der Waals surface area contributed by atoms with E-state index in [1.165, 1.54) is 0 Å². The van der Waals surface area contributed by atoms with E-state index in [-0.39, 0.29) is 0 Å². The van der Waals surface area contributed by atoms with Crippen LogP contribution in [0.15, 0.2) is 48.8 Å². The number of aromatic amines is 1. The normalized spacial score (nSPS) is 11.8. The number of H-pyrrole nitrogens is 1. The first kappa shape index (κ1) is 22.6. The first-order chi connectivity index (χ1) is 15.3. The number of aromatic nitrogens is 3. The molecule has 0 saturated carbocycles. The van der Waals surface area contributed by atoms with Crippen molar-refractivity contribution in [3.05, 3.63) is 64.4 Å². The van der Waals surface area contributed by atoms with Crippen molar-refractivity contribution in [2.75, 3.05) is 6.61 Å². The van der Waals surface area contributed by atoms with Gasteiger partial charge in [0.1, 0.15) is 18.4 Å². The number of halogens is 2. The highest BCUT2D eigenvalue weighted by Crippen LogP contribution is 2.39. The van der Waals surface area contributed by atoms with E-state index in [0.717, 1.165) is 39.6 Å².